The molecule has 1 heterocycles. The molecule has 0 spiro atoms. The third-order valence-electron chi connectivity index (χ3n) is 3.08. The Kier molecular flexibility index (Phi) is 2.98. The average molecular weight is 248 g/mol. The van der Waals surface area contributed by atoms with Gasteiger partial charge in [-0.2, -0.15) is 0 Å². The number of rotatable bonds is 4. The zero-order valence-electron chi connectivity index (χ0n) is 10.7. The first-order valence-corrected chi connectivity index (χ1v) is 5.74. The van der Waals surface area contributed by atoms with E-state index in [4.69, 9.17) is 4.74 Å². The average Bonchev–Trinajstić information content (AvgIpc) is 2.67. The lowest BCUT2D eigenvalue weighted by Crippen LogP contribution is -2.33. The van der Waals surface area contributed by atoms with Crippen LogP contribution in [0.2, 0.25) is 0 Å². The van der Waals surface area contributed by atoms with Crippen LogP contribution in [-0.2, 0) is 6.42 Å². The molecule has 1 aromatic heterocycles. The van der Waals surface area contributed by atoms with Gasteiger partial charge in [-0.1, -0.05) is 18.2 Å². The maximum atomic E-state index is 11.0. The van der Waals surface area contributed by atoms with Crippen LogP contribution in [0.1, 0.15) is 19.4 Å². The van der Waals surface area contributed by atoms with Gasteiger partial charge in [0.15, 0.2) is 5.88 Å². The van der Waals surface area contributed by atoms with E-state index in [1.54, 1.807) is 21.0 Å². The molecular formula is C13H16N2O3. The number of nitrogens with zero attached hydrogens (tertiary/aromatic N) is 1. The van der Waals surface area contributed by atoms with Gasteiger partial charge in [0.2, 0.25) is 5.54 Å². The number of H-pyrrole nitrogens is 1. The molecule has 0 bridgehead atoms. The van der Waals surface area contributed by atoms with Crippen LogP contribution in [0.3, 0.4) is 0 Å². The highest BCUT2D eigenvalue weighted by Gasteiger charge is 2.33. The van der Waals surface area contributed by atoms with Crippen molar-refractivity contribution >= 4 is 10.9 Å². The van der Waals surface area contributed by atoms with Crippen molar-refractivity contribution in [3.63, 3.8) is 0 Å². The van der Waals surface area contributed by atoms with E-state index in [9.17, 15) is 10.1 Å². The highest BCUT2D eigenvalue weighted by Crippen LogP contribution is 2.31. The van der Waals surface area contributed by atoms with Crippen LogP contribution in [0.4, 0.5) is 0 Å². The van der Waals surface area contributed by atoms with E-state index in [-0.39, 0.29) is 4.92 Å². The van der Waals surface area contributed by atoms with Gasteiger partial charge < -0.3 is 9.72 Å². The lowest BCUT2D eigenvalue weighted by Gasteiger charge is -2.15. The van der Waals surface area contributed by atoms with E-state index in [1.165, 1.54) is 0 Å². The molecule has 0 saturated heterocycles. The van der Waals surface area contributed by atoms with Crippen LogP contribution >= 0.6 is 0 Å². The van der Waals surface area contributed by atoms with Crippen LogP contribution in [0, 0.1) is 10.1 Å². The minimum absolute atomic E-state index is 0.256. The largest absolute Gasteiger partial charge is 0.482 e. The second-order valence-electron chi connectivity index (χ2n) is 4.93. The number of nitro groups is 1. The van der Waals surface area contributed by atoms with Crippen LogP contribution in [0.25, 0.3) is 10.9 Å². The van der Waals surface area contributed by atoms with Crippen molar-refractivity contribution in [1.29, 1.82) is 0 Å². The summed E-state index contributed by atoms with van der Waals surface area (Å²) in [6, 6.07) is 7.71. The van der Waals surface area contributed by atoms with E-state index in [2.05, 4.69) is 4.98 Å². The molecule has 1 aromatic carbocycles. The molecule has 2 aromatic rings. The summed E-state index contributed by atoms with van der Waals surface area (Å²) in [5.41, 5.74) is 0.774. The summed E-state index contributed by atoms with van der Waals surface area (Å²) in [7, 11) is 1.56. The molecule has 0 aliphatic carbocycles. The zero-order valence-corrected chi connectivity index (χ0v) is 10.7. The van der Waals surface area contributed by atoms with Crippen molar-refractivity contribution < 1.29 is 9.66 Å². The zero-order chi connectivity index (χ0) is 13.3. The maximum absolute atomic E-state index is 11.0. The quantitative estimate of drug-likeness (QED) is 0.668. The molecule has 5 nitrogen and oxygen atoms in total. The molecule has 0 aliphatic rings. The van der Waals surface area contributed by atoms with Gasteiger partial charge in [-0.05, 0) is 6.07 Å². The molecule has 2 rings (SSSR count). The predicted molar refractivity (Wildman–Crippen MR) is 69.6 cm³/mol. The van der Waals surface area contributed by atoms with Crippen molar-refractivity contribution in [1.82, 2.24) is 4.98 Å². The van der Waals surface area contributed by atoms with Crippen LogP contribution in [-0.4, -0.2) is 22.6 Å². The fourth-order valence-corrected chi connectivity index (χ4v) is 2.02. The van der Waals surface area contributed by atoms with Crippen molar-refractivity contribution in [3.8, 4) is 5.88 Å². The number of nitrogens with one attached hydrogen (secondary N) is 1. The minimum atomic E-state index is -1.02. The fraction of sp³-hybridized carbons (Fsp3) is 0.385. The summed E-state index contributed by atoms with van der Waals surface area (Å²) in [5, 5.41) is 12.0. The Morgan fingerprint density at radius 3 is 2.67 bits per heavy atom. The highest BCUT2D eigenvalue weighted by molar-refractivity contribution is 5.86. The molecule has 18 heavy (non-hydrogen) atoms. The number of hydrogen-bond donors (Lipinski definition) is 1. The van der Waals surface area contributed by atoms with Crippen molar-refractivity contribution in [2.75, 3.05) is 7.11 Å². The smallest absolute Gasteiger partial charge is 0.221 e. The number of hydrogen-bond acceptors (Lipinski definition) is 3. The Hall–Kier alpha value is -2.04. The molecule has 1 N–H and O–H groups in total. The Morgan fingerprint density at radius 1 is 1.39 bits per heavy atom. The maximum Gasteiger partial charge on any atom is 0.221 e. The lowest BCUT2D eigenvalue weighted by molar-refractivity contribution is -0.560. The molecule has 0 fully saturated rings. The summed E-state index contributed by atoms with van der Waals surface area (Å²) in [6.45, 7) is 3.24. The normalized spacial score (nSPS) is 11.7. The number of fused-ring (bicyclic) bond motifs is 1. The molecule has 0 saturated carbocycles. The molecule has 5 heteroatoms. The third-order valence-corrected chi connectivity index (χ3v) is 3.08. The summed E-state index contributed by atoms with van der Waals surface area (Å²) in [5.74, 6) is 0.603. The van der Waals surface area contributed by atoms with Gasteiger partial charge in [-0.25, -0.2) is 0 Å². The van der Waals surface area contributed by atoms with Gasteiger partial charge in [0.05, 0.1) is 7.11 Å². The van der Waals surface area contributed by atoms with Crippen molar-refractivity contribution in [2.45, 2.75) is 25.8 Å². The van der Waals surface area contributed by atoms with E-state index >= 15 is 0 Å². The molecule has 0 atom stereocenters. The molecule has 96 valence electrons. The van der Waals surface area contributed by atoms with Crippen LogP contribution < -0.4 is 4.74 Å². The van der Waals surface area contributed by atoms with Crippen molar-refractivity contribution in [2.24, 2.45) is 0 Å². The van der Waals surface area contributed by atoms with E-state index in [1.807, 2.05) is 24.3 Å². The number of benzene rings is 1. The highest BCUT2D eigenvalue weighted by atomic mass is 16.6. The number of para-hydroxylation sites is 1. The first-order valence-electron chi connectivity index (χ1n) is 5.74. The predicted octanol–water partition coefficient (Wildman–Crippen LogP) is 2.77. The fourth-order valence-electron chi connectivity index (χ4n) is 2.02. The molecule has 0 unspecified atom stereocenters. The molecular weight excluding hydrogens is 232 g/mol. The summed E-state index contributed by atoms with van der Waals surface area (Å²) in [6.07, 6.45) is 0.327. The molecule has 0 aliphatic heterocycles. The van der Waals surface area contributed by atoms with Gasteiger partial charge in [0.25, 0.3) is 0 Å². The number of aromatic amines is 1. The summed E-state index contributed by atoms with van der Waals surface area (Å²) in [4.78, 5) is 13.9. The lowest BCUT2D eigenvalue weighted by atomic mass is 9.95. The van der Waals surface area contributed by atoms with Crippen LogP contribution in [0.15, 0.2) is 24.3 Å². The Morgan fingerprint density at radius 2 is 2.06 bits per heavy atom. The second-order valence-corrected chi connectivity index (χ2v) is 4.93. The summed E-state index contributed by atoms with van der Waals surface area (Å²) >= 11 is 0. The first-order chi connectivity index (χ1) is 8.45. The first kappa shape index (κ1) is 12.4. The number of aromatic nitrogens is 1. The Labute approximate surface area is 105 Å². The molecule has 0 radical (unpaired) electrons. The van der Waals surface area contributed by atoms with Crippen molar-refractivity contribution in [3.05, 3.63) is 39.9 Å². The monoisotopic (exact) mass is 248 g/mol. The minimum Gasteiger partial charge on any atom is -0.482 e. The summed E-state index contributed by atoms with van der Waals surface area (Å²) < 4.78 is 5.28. The van der Waals surface area contributed by atoms with E-state index in [0.29, 0.717) is 12.3 Å². The Bertz CT molecular complexity index is 587. The van der Waals surface area contributed by atoms with E-state index < -0.39 is 5.54 Å². The molecule has 0 amide bonds. The second kappa shape index (κ2) is 4.33. The third kappa shape index (κ3) is 2.03. The van der Waals surface area contributed by atoms with Gasteiger partial charge in [-0.3, -0.25) is 10.1 Å². The topological polar surface area (TPSA) is 68.2 Å². The SMILES string of the molecule is COc1[nH]c2ccccc2c1CC(C)(C)[N+](=O)[O-]. The number of ether oxygens (including phenoxy) is 1. The van der Waals surface area contributed by atoms with Gasteiger partial charge in [0, 0.05) is 41.7 Å². The Balaban J connectivity index is 2.52. The van der Waals surface area contributed by atoms with Gasteiger partial charge in [0.1, 0.15) is 0 Å². The standard InChI is InChI=1S/C13H16N2O3/c1-13(2,15(16)17)8-10-9-6-4-5-7-11(9)14-12(10)18-3/h4-7,14H,8H2,1-3H3. The van der Waals surface area contributed by atoms with E-state index in [0.717, 1.165) is 16.5 Å². The number of methoxy groups -OCH3 is 1. The van der Waals surface area contributed by atoms with Gasteiger partial charge >= 0.3 is 0 Å². The van der Waals surface area contributed by atoms with Gasteiger partial charge in [-0.15, -0.1) is 0 Å². The van der Waals surface area contributed by atoms with Crippen LogP contribution in [0.5, 0.6) is 5.88 Å².